The van der Waals surface area contributed by atoms with Crippen molar-refractivity contribution in [3.8, 4) is 0 Å². The monoisotopic (exact) mass is 316 g/mol. The summed E-state index contributed by atoms with van der Waals surface area (Å²) in [7, 11) is 0. The zero-order valence-corrected chi connectivity index (χ0v) is 15.2. The molecule has 0 aliphatic heterocycles. The highest BCUT2D eigenvalue weighted by molar-refractivity contribution is 5.76. The van der Waals surface area contributed by atoms with Crippen molar-refractivity contribution in [1.29, 1.82) is 0 Å². The molecule has 0 saturated heterocycles. The van der Waals surface area contributed by atoms with Gasteiger partial charge in [0.1, 0.15) is 0 Å². The fraction of sp³-hybridized carbons (Fsp3) is 0.762. The van der Waals surface area contributed by atoms with Crippen LogP contribution >= 0.6 is 0 Å². The van der Waals surface area contributed by atoms with Crippen molar-refractivity contribution in [1.82, 2.24) is 0 Å². The number of hydrogen-bond acceptors (Lipinski definition) is 1. The summed E-state index contributed by atoms with van der Waals surface area (Å²) in [5, 5.41) is 10.0. The summed E-state index contributed by atoms with van der Waals surface area (Å²) in [6.07, 6.45) is 12.0. The summed E-state index contributed by atoms with van der Waals surface area (Å²) in [6.45, 7) is 13.0. The van der Waals surface area contributed by atoms with Crippen molar-refractivity contribution < 1.29 is 9.90 Å². The van der Waals surface area contributed by atoms with E-state index in [4.69, 9.17) is 0 Å². The first-order valence-electron chi connectivity index (χ1n) is 9.21. The summed E-state index contributed by atoms with van der Waals surface area (Å²) in [5.41, 5.74) is 1.10. The SMILES string of the molecule is C=C[C@]1(C)C=C2CC[C@@]3(C)[C@](C)(C(=O)O)CCC[C@]3(C)[C@H]2CC1. The molecule has 2 saturated carbocycles. The van der Waals surface area contributed by atoms with Crippen LogP contribution in [0, 0.1) is 27.6 Å². The van der Waals surface area contributed by atoms with Gasteiger partial charge >= 0.3 is 5.97 Å². The second kappa shape index (κ2) is 4.97. The molecule has 3 aliphatic rings. The van der Waals surface area contributed by atoms with E-state index in [1.165, 1.54) is 12.8 Å². The van der Waals surface area contributed by atoms with Crippen LogP contribution in [0.1, 0.15) is 72.6 Å². The quantitative estimate of drug-likeness (QED) is 0.674. The molecule has 1 N–H and O–H groups in total. The second-order valence-electron chi connectivity index (χ2n) is 9.26. The van der Waals surface area contributed by atoms with E-state index >= 15 is 0 Å². The van der Waals surface area contributed by atoms with Gasteiger partial charge in [-0.3, -0.25) is 4.79 Å². The lowest BCUT2D eigenvalue weighted by Gasteiger charge is -2.65. The van der Waals surface area contributed by atoms with Gasteiger partial charge in [0.05, 0.1) is 5.41 Å². The van der Waals surface area contributed by atoms with E-state index in [9.17, 15) is 9.90 Å². The Bertz CT molecular complexity index is 576. The van der Waals surface area contributed by atoms with Crippen LogP contribution in [0.25, 0.3) is 0 Å². The number of hydrogen-bond donors (Lipinski definition) is 1. The van der Waals surface area contributed by atoms with Crippen molar-refractivity contribution in [3.63, 3.8) is 0 Å². The van der Waals surface area contributed by atoms with Crippen LogP contribution in [0.15, 0.2) is 24.3 Å². The molecule has 23 heavy (non-hydrogen) atoms. The lowest BCUT2D eigenvalue weighted by atomic mass is 9.38. The highest BCUT2D eigenvalue weighted by Gasteiger charge is 2.65. The van der Waals surface area contributed by atoms with Gasteiger partial charge in [-0.2, -0.15) is 0 Å². The average Bonchev–Trinajstić information content (AvgIpc) is 2.50. The molecular formula is C21H32O2. The predicted octanol–water partition coefficient (Wildman–Crippen LogP) is 5.60. The number of rotatable bonds is 2. The summed E-state index contributed by atoms with van der Waals surface area (Å²) in [5.74, 6) is -0.0432. The summed E-state index contributed by atoms with van der Waals surface area (Å²) in [4.78, 5) is 12.2. The number of carbonyl (C=O) groups is 1. The fourth-order valence-electron chi connectivity index (χ4n) is 6.22. The van der Waals surface area contributed by atoms with E-state index in [0.29, 0.717) is 5.92 Å². The lowest BCUT2D eigenvalue weighted by molar-refractivity contribution is -0.187. The third-order valence-electron chi connectivity index (χ3n) is 8.41. The Morgan fingerprint density at radius 1 is 1.22 bits per heavy atom. The lowest BCUT2D eigenvalue weighted by Crippen LogP contribution is -2.61. The van der Waals surface area contributed by atoms with Gasteiger partial charge in [-0.15, -0.1) is 6.58 Å². The van der Waals surface area contributed by atoms with Gasteiger partial charge in [0.15, 0.2) is 0 Å². The minimum Gasteiger partial charge on any atom is -0.481 e. The number of carboxylic acids is 1. The van der Waals surface area contributed by atoms with E-state index in [0.717, 1.165) is 32.1 Å². The molecule has 0 aromatic rings. The van der Waals surface area contributed by atoms with Gasteiger partial charge in [-0.25, -0.2) is 0 Å². The zero-order valence-electron chi connectivity index (χ0n) is 15.2. The first kappa shape index (κ1) is 16.8. The van der Waals surface area contributed by atoms with E-state index in [1.807, 2.05) is 6.92 Å². The van der Waals surface area contributed by atoms with Gasteiger partial charge in [0.25, 0.3) is 0 Å². The van der Waals surface area contributed by atoms with Gasteiger partial charge < -0.3 is 5.11 Å². The Labute approximate surface area is 141 Å². The number of fused-ring (bicyclic) bond motifs is 3. The average molecular weight is 316 g/mol. The Kier molecular flexibility index (Phi) is 3.63. The van der Waals surface area contributed by atoms with Crippen LogP contribution in [-0.4, -0.2) is 11.1 Å². The standard InChI is InChI=1S/C21H32O2/c1-6-18(2)12-9-16-15(14-18)8-13-21(5)19(16,3)10-7-11-20(21,4)17(22)23/h6,14,16H,1,7-13H2,2-5H3,(H,22,23)/t16-,18-,19+,20-,21+/m0/s1. The Balaban J connectivity index is 2.07. The smallest absolute Gasteiger partial charge is 0.309 e. The summed E-state index contributed by atoms with van der Waals surface area (Å²) < 4.78 is 0. The van der Waals surface area contributed by atoms with Crippen molar-refractivity contribution in [3.05, 3.63) is 24.3 Å². The van der Waals surface area contributed by atoms with Crippen LogP contribution in [0.2, 0.25) is 0 Å². The molecule has 5 atom stereocenters. The number of carboxylic acid groups (broad SMARTS) is 1. The van der Waals surface area contributed by atoms with Crippen LogP contribution in [-0.2, 0) is 4.79 Å². The van der Waals surface area contributed by atoms with E-state index in [2.05, 4.69) is 39.5 Å². The summed E-state index contributed by atoms with van der Waals surface area (Å²) in [6, 6.07) is 0. The van der Waals surface area contributed by atoms with Gasteiger partial charge in [-0.1, -0.05) is 44.9 Å². The van der Waals surface area contributed by atoms with E-state index in [1.54, 1.807) is 5.57 Å². The fourth-order valence-corrected chi connectivity index (χ4v) is 6.22. The molecule has 0 spiro atoms. The minimum atomic E-state index is -0.593. The number of aliphatic carboxylic acids is 1. The van der Waals surface area contributed by atoms with Crippen LogP contribution in [0.5, 0.6) is 0 Å². The normalized spacial score (nSPS) is 49.6. The third-order valence-corrected chi connectivity index (χ3v) is 8.41. The van der Waals surface area contributed by atoms with Crippen molar-refractivity contribution in [2.24, 2.45) is 27.6 Å². The van der Waals surface area contributed by atoms with Crippen molar-refractivity contribution in [2.75, 3.05) is 0 Å². The third kappa shape index (κ3) is 2.03. The molecule has 2 nitrogen and oxygen atoms in total. The molecule has 0 radical (unpaired) electrons. The molecule has 2 heteroatoms. The molecule has 0 aromatic carbocycles. The van der Waals surface area contributed by atoms with Gasteiger partial charge in [0.2, 0.25) is 0 Å². The van der Waals surface area contributed by atoms with Crippen LogP contribution in [0.3, 0.4) is 0 Å². The molecule has 0 heterocycles. The molecule has 0 amide bonds. The maximum atomic E-state index is 12.2. The molecule has 128 valence electrons. The molecule has 0 bridgehead atoms. The molecular weight excluding hydrogens is 284 g/mol. The predicted molar refractivity (Wildman–Crippen MR) is 94.2 cm³/mol. The van der Waals surface area contributed by atoms with E-state index < -0.39 is 11.4 Å². The Morgan fingerprint density at radius 3 is 2.52 bits per heavy atom. The van der Waals surface area contributed by atoms with E-state index in [-0.39, 0.29) is 16.2 Å². The maximum absolute atomic E-state index is 12.2. The van der Waals surface area contributed by atoms with Crippen LogP contribution in [0.4, 0.5) is 0 Å². The van der Waals surface area contributed by atoms with Crippen molar-refractivity contribution >= 4 is 5.97 Å². The second-order valence-corrected chi connectivity index (χ2v) is 9.26. The molecule has 3 aliphatic carbocycles. The minimum absolute atomic E-state index is 0.102. The first-order chi connectivity index (χ1) is 10.6. The highest BCUT2D eigenvalue weighted by Crippen LogP contribution is 2.70. The molecule has 0 aromatic heterocycles. The molecule has 0 unspecified atom stereocenters. The highest BCUT2D eigenvalue weighted by atomic mass is 16.4. The Morgan fingerprint density at radius 2 is 1.91 bits per heavy atom. The van der Waals surface area contributed by atoms with Crippen molar-refractivity contribution in [2.45, 2.75) is 72.6 Å². The zero-order chi connectivity index (χ0) is 17.1. The largest absolute Gasteiger partial charge is 0.481 e. The Hall–Kier alpha value is -1.05. The molecule has 2 fully saturated rings. The first-order valence-corrected chi connectivity index (χ1v) is 9.21. The summed E-state index contributed by atoms with van der Waals surface area (Å²) >= 11 is 0. The van der Waals surface area contributed by atoms with Crippen LogP contribution < -0.4 is 0 Å². The van der Waals surface area contributed by atoms with Gasteiger partial charge in [-0.05, 0) is 62.2 Å². The number of allylic oxidation sites excluding steroid dienone is 3. The van der Waals surface area contributed by atoms with Gasteiger partial charge in [0, 0.05) is 5.41 Å². The maximum Gasteiger partial charge on any atom is 0.309 e. The topological polar surface area (TPSA) is 37.3 Å². The molecule has 3 rings (SSSR count).